The van der Waals surface area contributed by atoms with Crippen LogP contribution < -0.4 is 10.6 Å². The number of hydrogen-bond donors (Lipinski definition) is 2. The molecule has 1 aromatic heterocycles. The fourth-order valence-electron chi connectivity index (χ4n) is 2.12. The summed E-state index contributed by atoms with van der Waals surface area (Å²) in [6.07, 6.45) is 3.83. The molecule has 1 aromatic rings. The molecule has 0 bridgehead atoms. The van der Waals surface area contributed by atoms with Crippen LogP contribution in [0.4, 0.5) is 0 Å². The Morgan fingerprint density at radius 3 is 2.70 bits per heavy atom. The quantitative estimate of drug-likeness (QED) is 0.876. The molecule has 2 N–H and O–H groups in total. The van der Waals surface area contributed by atoms with Gasteiger partial charge in [-0.1, -0.05) is 26.0 Å². The zero-order valence-corrected chi connectivity index (χ0v) is 12.8. The van der Waals surface area contributed by atoms with E-state index >= 15 is 0 Å². The lowest BCUT2D eigenvalue weighted by molar-refractivity contribution is 0.0905. The first-order valence-corrected chi connectivity index (χ1v) is 7.31. The number of nitrogens with zero attached hydrogens (tertiary/aromatic N) is 3. The molecule has 112 valence electrons. The highest BCUT2D eigenvalue weighted by atomic mass is 16.2. The van der Waals surface area contributed by atoms with E-state index in [0.717, 1.165) is 25.9 Å². The molecule has 0 spiro atoms. The molecular weight excluding hydrogens is 254 g/mol. The Morgan fingerprint density at radius 1 is 1.45 bits per heavy atom. The maximum Gasteiger partial charge on any atom is 0.273 e. The van der Waals surface area contributed by atoms with Gasteiger partial charge in [-0.2, -0.15) is 0 Å². The molecule has 1 atom stereocenters. The van der Waals surface area contributed by atoms with Gasteiger partial charge < -0.3 is 10.6 Å². The minimum atomic E-state index is -0.146. The molecule has 1 saturated heterocycles. The SMILES string of the molecule is CC(NC(=O)c1cn(C2CCNCC2)nn1)C(C)(C)C. The fraction of sp³-hybridized carbons (Fsp3) is 0.786. The van der Waals surface area contributed by atoms with Crippen molar-refractivity contribution in [3.05, 3.63) is 11.9 Å². The Labute approximate surface area is 120 Å². The number of hydrogen-bond acceptors (Lipinski definition) is 4. The van der Waals surface area contributed by atoms with Crippen LogP contribution >= 0.6 is 0 Å². The summed E-state index contributed by atoms with van der Waals surface area (Å²) >= 11 is 0. The summed E-state index contributed by atoms with van der Waals surface area (Å²) in [5.74, 6) is -0.146. The highest BCUT2D eigenvalue weighted by molar-refractivity contribution is 5.92. The molecule has 0 radical (unpaired) electrons. The Bertz CT molecular complexity index is 456. The second-order valence-corrected chi connectivity index (χ2v) is 6.63. The van der Waals surface area contributed by atoms with Crippen LogP contribution in [0.25, 0.3) is 0 Å². The van der Waals surface area contributed by atoms with E-state index in [9.17, 15) is 4.79 Å². The lowest BCUT2D eigenvalue weighted by Crippen LogP contribution is -2.41. The zero-order chi connectivity index (χ0) is 14.8. The van der Waals surface area contributed by atoms with Crippen LogP contribution in [0.1, 0.15) is 57.1 Å². The van der Waals surface area contributed by atoms with Gasteiger partial charge in [-0.05, 0) is 38.3 Å². The van der Waals surface area contributed by atoms with E-state index in [0.29, 0.717) is 11.7 Å². The molecule has 20 heavy (non-hydrogen) atoms. The van der Waals surface area contributed by atoms with E-state index in [4.69, 9.17) is 0 Å². The largest absolute Gasteiger partial charge is 0.348 e. The fourth-order valence-corrected chi connectivity index (χ4v) is 2.12. The number of nitrogens with one attached hydrogen (secondary N) is 2. The van der Waals surface area contributed by atoms with E-state index in [1.54, 1.807) is 6.20 Å². The third kappa shape index (κ3) is 3.56. The summed E-state index contributed by atoms with van der Waals surface area (Å²) in [6.45, 7) is 10.3. The van der Waals surface area contributed by atoms with Crippen molar-refractivity contribution in [1.29, 1.82) is 0 Å². The van der Waals surface area contributed by atoms with Crippen LogP contribution in [0.5, 0.6) is 0 Å². The van der Waals surface area contributed by atoms with Crippen molar-refractivity contribution in [3.63, 3.8) is 0 Å². The Kier molecular flexibility index (Phi) is 4.42. The molecule has 2 rings (SSSR count). The highest BCUT2D eigenvalue weighted by Gasteiger charge is 2.24. The smallest absolute Gasteiger partial charge is 0.273 e. The summed E-state index contributed by atoms with van der Waals surface area (Å²) in [6, 6.07) is 0.435. The third-order valence-corrected chi connectivity index (χ3v) is 4.07. The second kappa shape index (κ2) is 5.91. The summed E-state index contributed by atoms with van der Waals surface area (Å²) in [5.41, 5.74) is 0.431. The van der Waals surface area contributed by atoms with Crippen molar-refractivity contribution in [2.24, 2.45) is 5.41 Å². The summed E-state index contributed by atoms with van der Waals surface area (Å²) in [5, 5.41) is 14.4. The molecule has 2 heterocycles. The Hall–Kier alpha value is -1.43. The third-order valence-electron chi connectivity index (χ3n) is 4.07. The van der Waals surface area contributed by atoms with Gasteiger partial charge in [-0.15, -0.1) is 5.10 Å². The van der Waals surface area contributed by atoms with Crippen LogP contribution in [0.2, 0.25) is 0 Å². The molecule has 0 aromatic carbocycles. The summed E-state index contributed by atoms with van der Waals surface area (Å²) in [7, 11) is 0. The lowest BCUT2D eigenvalue weighted by Gasteiger charge is -2.27. The van der Waals surface area contributed by atoms with Crippen molar-refractivity contribution in [2.45, 2.75) is 52.6 Å². The van der Waals surface area contributed by atoms with Crippen molar-refractivity contribution in [1.82, 2.24) is 25.6 Å². The van der Waals surface area contributed by atoms with Crippen LogP contribution in [0, 0.1) is 5.41 Å². The second-order valence-electron chi connectivity index (χ2n) is 6.63. The monoisotopic (exact) mass is 279 g/mol. The van der Waals surface area contributed by atoms with Crippen LogP contribution in [-0.2, 0) is 0 Å². The topological polar surface area (TPSA) is 71.8 Å². The Morgan fingerprint density at radius 2 is 2.10 bits per heavy atom. The molecule has 0 saturated carbocycles. The number of aromatic nitrogens is 3. The lowest BCUT2D eigenvalue weighted by atomic mass is 9.88. The average molecular weight is 279 g/mol. The molecular formula is C14H25N5O. The zero-order valence-electron chi connectivity index (χ0n) is 12.8. The van der Waals surface area contributed by atoms with Gasteiger partial charge in [0.25, 0.3) is 5.91 Å². The van der Waals surface area contributed by atoms with E-state index < -0.39 is 0 Å². The molecule has 6 heteroatoms. The van der Waals surface area contributed by atoms with Gasteiger partial charge in [0.2, 0.25) is 0 Å². The van der Waals surface area contributed by atoms with Crippen molar-refractivity contribution < 1.29 is 4.79 Å². The first-order chi connectivity index (χ1) is 9.38. The van der Waals surface area contributed by atoms with E-state index in [1.165, 1.54) is 0 Å². The maximum atomic E-state index is 12.2. The van der Waals surface area contributed by atoms with Gasteiger partial charge in [0, 0.05) is 6.04 Å². The van der Waals surface area contributed by atoms with Gasteiger partial charge >= 0.3 is 0 Å². The van der Waals surface area contributed by atoms with E-state index in [-0.39, 0.29) is 17.4 Å². The van der Waals surface area contributed by atoms with Gasteiger partial charge in [0.05, 0.1) is 12.2 Å². The standard InChI is InChI=1S/C14H25N5O/c1-10(14(2,3)4)16-13(20)12-9-19(18-17-12)11-5-7-15-8-6-11/h9-11,15H,5-8H2,1-4H3,(H,16,20). The van der Waals surface area contributed by atoms with Crippen LogP contribution in [0.3, 0.4) is 0 Å². The van der Waals surface area contributed by atoms with Crippen molar-refractivity contribution in [3.8, 4) is 0 Å². The molecule has 1 aliphatic rings. The predicted molar refractivity (Wildman–Crippen MR) is 77.5 cm³/mol. The number of carbonyl (C=O) groups is 1. The van der Waals surface area contributed by atoms with Gasteiger partial charge in [-0.25, -0.2) is 4.68 Å². The average Bonchev–Trinajstić information content (AvgIpc) is 2.88. The number of amides is 1. The predicted octanol–water partition coefficient (Wildman–Crippen LogP) is 1.37. The number of rotatable bonds is 3. The Balaban J connectivity index is 1.99. The minimum absolute atomic E-state index is 0.0285. The molecule has 1 unspecified atom stereocenters. The highest BCUT2D eigenvalue weighted by Crippen LogP contribution is 2.19. The van der Waals surface area contributed by atoms with Gasteiger partial charge in [0.1, 0.15) is 0 Å². The molecule has 1 aliphatic heterocycles. The van der Waals surface area contributed by atoms with Gasteiger partial charge in [-0.3, -0.25) is 4.79 Å². The molecule has 0 aliphatic carbocycles. The minimum Gasteiger partial charge on any atom is -0.348 e. The molecule has 1 amide bonds. The van der Waals surface area contributed by atoms with E-state index in [1.807, 2.05) is 11.6 Å². The van der Waals surface area contributed by atoms with Crippen molar-refractivity contribution in [2.75, 3.05) is 13.1 Å². The van der Waals surface area contributed by atoms with Crippen LogP contribution in [0.15, 0.2) is 6.20 Å². The summed E-state index contributed by atoms with van der Waals surface area (Å²) in [4.78, 5) is 12.2. The normalized spacial score (nSPS) is 18.8. The first kappa shape index (κ1) is 15.0. The maximum absolute atomic E-state index is 12.2. The number of piperidine rings is 1. The van der Waals surface area contributed by atoms with Crippen LogP contribution in [-0.4, -0.2) is 40.0 Å². The molecule has 1 fully saturated rings. The first-order valence-electron chi connectivity index (χ1n) is 7.31. The van der Waals surface area contributed by atoms with Gasteiger partial charge in [0.15, 0.2) is 5.69 Å². The number of carbonyl (C=O) groups excluding carboxylic acids is 1. The summed E-state index contributed by atoms with van der Waals surface area (Å²) < 4.78 is 1.83. The van der Waals surface area contributed by atoms with Crippen molar-refractivity contribution >= 4 is 5.91 Å². The van der Waals surface area contributed by atoms with E-state index in [2.05, 4.69) is 41.7 Å². The molecule has 6 nitrogen and oxygen atoms in total.